The van der Waals surface area contributed by atoms with Crippen LogP contribution < -0.4 is 5.32 Å². The van der Waals surface area contributed by atoms with Gasteiger partial charge in [-0.05, 0) is 49.9 Å². The van der Waals surface area contributed by atoms with E-state index in [-0.39, 0.29) is 5.97 Å². The van der Waals surface area contributed by atoms with E-state index in [1.54, 1.807) is 13.1 Å². The van der Waals surface area contributed by atoms with E-state index in [0.717, 1.165) is 39.8 Å². The standard InChI is InChI=1S/C22H24N2O2/c1-5-16-10-8-11-17-20(16)23-13-18(22(25)26-6-2)21(17)24-19-12-7-9-14(3)15(19)4/h7-13H,5-6H2,1-4H3,(H,23,24). The molecule has 0 unspecified atom stereocenters. The third kappa shape index (κ3) is 3.27. The molecular weight excluding hydrogens is 324 g/mol. The molecule has 1 aromatic heterocycles. The Labute approximate surface area is 154 Å². The summed E-state index contributed by atoms with van der Waals surface area (Å²) in [5.74, 6) is -0.364. The second kappa shape index (κ2) is 7.56. The van der Waals surface area contributed by atoms with Gasteiger partial charge in [0, 0.05) is 17.3 Å². The molecule has 134 valence electrons. The molecule has 0 atom stereocenters. The Hall–Kier alpha value is -2.88. The topological polar surface area (TPSA) is 51.2 Å². The Morgan fingerprint density at radius 2 is 1.88 bits per heavy atom. The summed E-state index contributed by atoms with van der Waals surface area (Å²) in [5.41, 5.74) is 6.59. The molecule has 3 aromatic rings. The first-order valence-electron chi connectivity index (χ1n) is 8.97. The molecule has 0 amide bonds. The van der Waals surface area contributed by atoms with Gasteiger partial charge in [0.1, 0.15) is 5.56 Å². The Morgan fingerprint density at radius 3 is 2.62 bits per heavy atom. The number of pyridine rings is 1. The predicted molar refractivity (Wildman–Crippen MR) is 106 cm³/mol. The van der Waals surface area contributed by atoms with Crippen LogP contribution in [0.2, 0.25) is 0 Å². The summed E-state index contributed by atoms with van der Waals surface area (Å²) >= 11 is 0. The number of carbonyl (C=O) groups excluding carboxylic acids is 1. The zero-order valence-electron chi connectivity index (χ0n) is 15.7. The van der Waals surface area contributed by atoms with Crippen molar-refractivity contribution in [2.45, 2.75) is 34.1 Å². The van der Waals surface area contributed by atoms with E-state index in [0.29, 0.717) is 12.2 Å². The molecule has 1 heterocycles. The fourth-order valence-corrected chi connectivity index (χ4v) is 3.09. The van der Waals surface area contributed by atoms with Crippen molar-refractivity contribution < 1.29 is 9.53 Å². The van der Waals surface area contributed by atoms with Crippen LogP contribution in [0.4, 0.5) is 11.4 Å². The van der Waals surface area contributed by atoms with E-state index in [9.17, 15) is 4.79 Å². The third-order valence-corrected chi connectivity index (χ3v) is 4.72. The number of esters is 1. The summed E-state index contributed by atoms with van der Waals surface area (Å²) in [5, 5.41) is 4.40. The highest BCUT2D eigenvalue weighted by molar-refractivity contribution is 6.06. The zero-order valence-corrected chi connectivity index (χ0v) is 15.7. The molecule has 26 heavy (non-hydrogen) atoms. The zero-order chi connectivity index (χ0) is 18.7. The molecule has 0 aliphatic heterocycles. The summed E-state index contributed by atoms with van der Waals surface area (Å²) in [6, 6.07) is 12.2. The van der Waals surface area contributed by atoms with Crippen molar-refractivity contribution in [1.29, 1.82) is 0 Å². The van der Waals surface area contributed by atoms with Gasteiger partial charge in [-0.1, -0.05) is 37.3 Å². The molecule has 3 rings (SSSR count). The fourth-order valence-electron chi connectivity index (χ4n) is 3.09. The third-order valence-electron chi connectivity index (χ3n) is 4.72. The first-order valence-corrected chi connectivity index (χ1v) is 8.97. The molecule has 4 nitrogen and oxygen atoms in total. The van der Waals surface area contributed by atoms with Crippen molar-refractivity contribution in [3.05, 3.63) is 64.8 Å². The Balaban J connectivity index is 2.23. The highest BCUT2D eigenvalue weighted by Gasteiger charge is 2.18. The number of hydrogen-bond acceptors (Lipinski definition) is 4. The minimum Gasteiger partial charge on any atom is -0.462 e. The van der Waals surface area contributed by atoms with E-state index in [2.05, 4.69) is 43.2 Å². The van der Waals surface area contributed by atoms with Crippen molar-refractivity contribution in [2.24, 2.45) is 0 Å². The molecule has 0 saturated carbocycles. The second-order valence-corrected chi connectivity index (χ2v) is 6.31. The first-order chi connectivity index (χ1) is 12.6. The number of hydrogen-bond donors (Lipinski definition) is 1. The van der Waals surface area contributed by atoms with Crippen molar-refractivity contribution in [2.75, 3.05) is 11.9 Å². The molecule has 0 bridgehead atoms. The van der Waals surface area contributed by atoms with Crippen LogP contribution in [0.5, 0.6) is 0 Å². The summed E-state index contributed by atoms with van der Waals surface area (Å²) in [7, 11) is 0. The second-order valence-electron chi connectivity index (χ2n) is 6.31. The van der Waals surface area contributed by atoms with E-state index in [1.807, 2.05) is 24.3 Å². The Kier molecular flexibility index (Phi) is 5.21. The normalized spacial score (nSPS) is 10.8. The largest absolute Gasteiger partial charge is 0.462 e. The van der Waals surface area contributed by atoms with E-state index >= 15 is 0 Å². The lowest BCUT2D eigenvalue weighted by molar-refractivity contribution is 0.0527. The van der Waals surface area contributed by atoms with Crippen molar-refractivity contribution in [3.8, 4) is 0 Å². The van der Waals surface area contributed by atoms with Crippen LogP contribution >= 0.6 is 0 Å². The van der Waals surface area contributed by atoms with Gasteiger partial charge in [0.15, 0.2) is 0 Å². The quantitative estimate of drug-likeness (QED) is 0.633. The number of carbonyl (C=O) groups is 1. The minimum absolute atomic E-state index is 0.328. The van der Waals surface area contributed by atoms with E-state index in [1.165, 1.54) is 5.56 Å². The molecular formula is C22H24N2O2. The molecule has 0 aliphatic carbocycles. The Morgan fingerprint density at radius 1 is 1.12 bits per heavy atom. The lowest BCUT2D eigenvalue weighted by Crippen LogP contribution is -2.10. The van der Waals surface area contributed by atoms with Crippen LogP contribution in [0.1, 0.15) is 40.9 Å². The SMILES string of the molecule is CCOC(=O)c1cnc2c(CC)cccc2c1Nc1cccc(C)c1C. The minimum atomic E-state index is -0.364. The predicted octanol–water partition coefficient (Wildman–Crippen LogP) is 5.33. The van der Waals surface area contributed by atoms with Gasteiger partial charge in [0.25, 0.3) is 0 Å². The number of aromatic nitrogens is 1. The number of para-hydroxylation sites is 1. The molecule has 0 spiro atoms. The smallest absolute Gasteiger partial charge is 0.341 e. The summed E-state index contributed by atoms with van der Waals surface area (Å²) in [4.78, 5) is 17.1. The van der Waals surface area contributed by atoms with Crippen molar-refractivity contribution in [3.63, 3.8) is 0 Å². The maximum absolute atomic E-state index is 12.5. The number of ether oxygens (including phenoxy) is 1. The molecule has 0 radical (unpaired) electrons. The van der Waals surface area contributed by atoms with Crippen molar-refractivity contribution in [1.82, 2.24) is 4.98 Å². The summed E-state index contributed by atoms with van der Waals surface area (Å²) in [6.45, 7) is 8.39. The number of benzene rings is 2. The van der Waals surface area contributed by atoms with Gasteiger partial charge in [0.2, 0.25) is 0 Å². The van der Waals surface area contributed by atoms with Gasteiger partial charge in [-0.3, -0.25) is 4.98 Å². The molecule has 0 aliphatic rings. The number of nitrogens with zero attached hydrogens (tertiary/aromatic N) is 1. The van der Waals surface area contributed by atoms with E-state index in [4.69, 9.17) is 4.74 Å². The average Bonchev–Trinajstić information content (AvgIpc) is 2.65. The van der Waals surface area contributed by atoms with Crippen LogP contribution in [0.15, 0.2) is 42.6 Å². The number of anilines is 2. The highest BCUT2D eigenvalue weighted by atomic mass is 16.5. The maximum Gasteiger partial charge on any atom is 0.341 e. The molecule has 2 aromatic carbocycles. The van der Waals surface area contributed by atoms with Crippen LogP contribution in [0.3, 0.4) is 0 Å². The number of aryl methyl sites for hydroxylation is 2. The van der Waals surface area contributed by atoms with Gasteiger partial charge in [-0.25, -0.2) is 4.79 Å². The lowest BCUT2D eigenvalue weighted by atomic mass is 10.0. The van der Waals surface area contributed by atoms with E-state index < -0.39 is 0 Å². The van der Waals surface area contributed by atoms with Crippen molar-refractivity contribution >= 4 is 28.2 Å². The van der Waals surface area contributed by atoms with Gasteiger partial charge in [-0.15, -0.1) is 0 Å². The highest BCUT2D eigenvalue weighted by Crippen LogP contribution is 2.33. The maximum atomic E-state index is 12.5. The van der Waals surface area contributed by atoms with Crippen LogP contribution in [-0.2, 0) is 11.2 Å². The summed E-state index contributed by atoms with van der Waals surface area (Å²) < 4.78 is 5.25. The average molecular weight is 348 g/mol. The van der Waals surface area contributed by atoms with Crippen LogP contribution in [-0.4, -0.2) is 17.6 Å². The molecule has 0 fully saturated rings. The monoisotopic (exact) mass is 348 g/mol. The lowest BCUT2D eigenvalue weighted by Gasteiger charge is -2.17. The molecule has 1 N–H and O–H groups in total. The Bertz CT molecular complexity index is 964. The molecule has 0 saturated heterocycles. The fraction of sp³-hybridized carbons (Fsp3) is 0.273. The number of rotatable bonds is 5. The number of nitrogens with one attached hydrogen (secondary N) is 1. The summed E-state index contributed by atoms with van der Waals surface area (Å²) in [6.07, 6.45) is 2.50. The van der Waals surface area contributed by atoms with Gasteiger partial charge in [-0.2, -0.15) is 0 Å². The van der Waals surface area contributed by atoms with Gasteiger partial charge >= 0.3 is 5.97 Å². The van der Waals surface area contributed by atoms with Gasteiger partial charge < -0.3 is 10.1 Å². The van der Waals surface area contributed by atoms with Gasteiger partial charge in [0.05, 0.1) is 17.8 Å². The molecule has 4 heteroatoms. The number of fused-ring (bicyclic) bond motifs is 1. The first kappa shape index (κ1) is 17.9. The van der Waals surface area contributed by atoms with Crippen LogP contribution in [0.25, 0.3) is 10.9 Å². The van der Waals surface area contributed by atoms with Crippen LogP contribution in [0, 0.1) is 13.8 Å².